The molecular weight excluding hydrogens is 174 g/mol. The molecular formula is C9H10ClNO. The summed E-state index contributed by atoms with van der Waals surface area (Å²) in [6.45, 7) is 0. The van der Waals surface area contributed by atoms with Gasteiger partial charge in [-0.25, -0.2) is 0 Å². The average molecular weight is 184 g/mol. The molecule has 0 aliphatic heterocycles. The zero-order valence-corrected chi connectivity index (χ0v) is 7.47. The van der Waals surface area contributed by atoms with Gasteiger partial charge in [0.2, 0.25) is 0 Å². The van der Waals surface area contributed by atoms with Crippen LogP contribution in [0.3, 0.4) is 0 Å². The highest BCUT2D eigenvalue weighted by Crippen LogP contribution is 2.21. The van der Waals surface area contributed by atoms with Crippen molar-refractivity contribution < 1.29 is 4.73 Å². The van der Waals surface area contributed by atoms with Gasteiger partial charge in [-0.2, -0.15) is 4.73 Å². The first-order valence-corrected chi connectivity index (χ1v) is 4.55. The molecule has 0 radical (unpaired) electrons. The lowest BCUT2D eigenvalue weighted by Crippen LogP contribution is -2.29. The Morgan fingerprint density at radius 1 is 1.25 bits per heavy atom. The third-order valence-corrected chi connectivity index (χ3v) is 2.61. The molecule has 0 atom stereocenters. The SMILES string of the molecule is [O-][n+]1cc2c(cc1Cl)CCCC2. The number of nitrogens with zero attached hydrogens (tertiary/aromatic N) is 1. The number of hydrogen-bond donors (Lipinski definition) is 0. The lowest BCUT2D eigenvalue weighted by molar-refractivity contribution is -0.603. The fourth-order valence-electron chi connectivity index (χ4n) is 1.67. The van der Waals surface area contributed by atoms with E-state index in [4.69, 9.17) is 11.6 Å². The molecule has 0 amide bonds. The minimum atomic E-state index is 0.288. The Morgan fingerprint density at radius 3 is 2.67 bits per heavy atom. The predicted molar refractivity (Wildman–Crippen MR) is 47.1 cm³/mol. The molecule has 0 unspecified atom stereocenters. The number of rotatable bonds is 0. The van der Waals surface area contributed by atoms with Crippen LogP contribution >= 0.6 is 11.6 Å². The fraction of sp³-hybridized carbons (Fsp3) is 0.444. The molecule has 2 nitrogen and oxygen atoms in total. The molecule has 0 spiro atoms. The van der Waals surface area contributed by atoms with E-state index in [0.717, 1.165) is 17.6 Å². The maximum absolute atomic E-state index is 11.1. The lowest BCUT2D eigenvalue weighted by Gasteiger charge is -2.14. The van der Waals surface area contributed by atoms with Crippen LogP contribution in [0.15, 0.2) is 12.3 Å². The Labute approximate surface area is 76.4 Å². The zero-order valence-electron chi connectivity index (χ0n) is 6.72. The Hall–Kier alpha value is -0.760. The molecule has 0 N–H and O–H groups in total. The summed E-state index contributed by atoms with van der Waals surface area (Å²) in [5.74, 6) is 0. The van der Waals surface area contributed by atoms with E-state index < -0.39 is 0 Å². The Morgan fingerprint density at radius 2 is 1.92 bits per heavy atom. The Bertz CT molecular complexity index is 281. The van der Waals surface area contributed by atoms with E-state index in [1.807, 2.05) is 0 Å². The normalized spacial score (nSPS) is 15.8. The highest BCUT2D eigenvalue weighted by Gasteiger charge is 2.14. The van der Waals surface area contributed by atoms with Crippen LogP contribution in [0.5, 0.6) is 0 Å². The first-order chi connectivity index (χ1) is 5.77. The second-order valence-electron chi connectivity index (χ2n) is 3.18. The van der Waals surface area contributed by atoms with Crippen LogP contribution in [0.1, 0.15) is 24.0 Å². The molecule has 1 aliphatic rings. The maximum Gasteiger partial charge on any atom is 0.286 e. The van der Waals surface area contributed by atoms with E-state index >= 15 is 0 Å². The van der Waals surface area contributed by atoms with Gasteiger partial charge in [-0.15, -0.1) is 0 Å². The minimum absolute atomic E-state index is 0.288. The van der Waals surface area contributed by atoms with Crippen molar-refractivity contribution in [3.05, 3.63) is 33.8 Å². The molecule has 2 rings (SSSR count). The first kappa shape index (κ1) is 7.87. The van der Waals surface area contributed by atoms with Gasteiger partial charge in [0.15, 0.2) is 6.20 Å². The minimum Gasteiger partial charge on any atom is -0.618 e. The van der Waals surface area contributed by atoms with E-state index in [1.165, 1.54) is 24.0 Å². The summed E-state index contributed by atoms with van der Waals surface area (Å²) >= 11 is 5.70. The van der Waals surface area contributed by atoms with E-state index in [9.17, 15) is 5.21 Å². The number of halogens is 1. The highest BCUT2D eigenvalue weighted by atomic mass is 35.5. The van der Waals surface area contributed by atoms with Gasteiger partial charge in [-0.1, -0.05) is 0 Å². The Kier molecular flexibility index (Phi) is 1.93. The molecule has 0 bridgehead atoms. The summed E-state index contributed by atoms with van der Waals surface area (Å²) in [5, 5.41) is 11.4. The summed E-state index contributed by atoms with van der Waals surface area (Å²) in [5.41, 5.74) is 2.42. The monoisotopic (exact) mass is 183 g/mol. The molecule has 12 heavy (non-hydrogen) atoms. The standard InChI is InChI=1S/C9H10ClNO/c10-9-5-7-3-1-2-4-8(7)6-11(9)12/h5-6H,1-4H2. The van der Waals surface area contributed by atoms with Gasteiger partial charge in [-0.05, 0) is 42.8 Å². The summed E-state index contributed by atoms with van der Waals surface area (Å²) in [7, 11) is 0. The molecule has 1 aromatic heterocycles. The van der Waals surface area contributed by atoms with Crippen molar-refractivity contribution in [3.63, 3.8) is 0 Å². The van der Waals surface area contributed by atoms with Crippen molar-refractivity contribution in [1.82, 2.24) is 0 Å². The summed E-state index contributed by atoms with van der Waals surface area (Å²) in [4.78, 5) is 0. The summed E-state index contributed by atoms with van der Waals surface area (Å²) in [6, 6.07) is 1.79. The first-order valence-electron chi connectivity index (χ1n) is 4.18. The van der Waals surface area contributed by atoms with E-state index in [-0.39, 0.29) is 5.15 Å². The smallest absolute Gasteiger partial charge is 0.286 e. The predicted octanol–water partition coefficient (Wildman–Crippen LogP) is 1.85. The number of aromatic nitrogens is 1. The third kappa shape index (κ3) is 1.27. The van der Waals surface area contributed by atoms with Crippen molar-refractivity contribution in [3.8, 4) is 0 Å². The molecule has 1 heterocycles. The molecule has 64 valence electrons. The fourth-order valence-corrected chi connectivity index (χ4v) is 1.86. The van der Waals surface area contributed by atoms with Crippen molar-refractivity contribution in [1.29, 1.82) is 0 Å². The Balaban J connectivity index is 2.49. The third-order valence-electron chi connectivity index (χ3n) is 2.33. The summed E-state index contributed by atoms with van der Waals surface area (Å²) < 4.78 is 0.742. The van der Waals surface area contributed by atoms with Gasteiger partial charge in [-0.3, -0.25) is 0 Å². The quantitative estimate of drug-likeness (QED) is 0.343. The van der Waals surface area contributed by atoms with Crippen LogP contribution in [-0.4, -0.2) is 0 Å². The van der Waals surface area contributed by atoms with Crippen molar-refractivity contribution in [2.45, 2.75) is 25.7 Å². The van der Waals surface area contributed by atoms with Crippen LogP contribution in [0, 0.1) is 5.21 Å². The van der Waals surface area contributed by atoms with Crippen molar-refractivity contribution in [2.24, 2.45) is 0 Å². The largest absolute Gasteiger partial charge is 0.618 e. The molecule has 0 saturated carbocycles. The zero-order chi connectivity index (χ0) is 8.55. The van der Waals surface area contributed by atoms with Gasteiger partial charge >= 0.3 is 0 Å². The number of fused-ring (bicyclic) bond motifs is 1. The van der Waals surface area contributed by atoms with Gasteiger partial charge in [0.25, 0.3) is 5.15 Å². The second-order valence-corrected chi connectivity index (χ2v) is 3.57. The number of aryl methyl sites for hydroxylation is 2. The van der Waals surface area contributed by atoms with Gasteiger partial charge in [0.1, 0.15) is 0 Å². The van der Waals surface area contributed by atoms with Crippen LogP contribution < -0.4 is 4.73 Å². The molecule has 0 fully saturated rings. The van der Waals surface area contributed by atoms with Gasteiger partial charge in [0, 0.05) is 11.6 Å². The summed E-state index contributed by atoms with van der Waals surface area (Å²) in [6.07, 6.45) is 6.10. The lowest BCUT2D eigenvalue weighted by atomic mass is 9.94. The van der Waals surface area contributed by atoms with Crippen LogP contribution in [0.25, 0.3) is 0 Å². The van der Waals surface area contributed by atoms with E-state index in [0.29, 0.717) is 0 Å². The average Bonchev–Trinajstić information content (AvgIpc) is 2.07. The van der Waals surface area contributed by atoms with Gasteiger partial charge < -0.3 is 5.21 Å². The molecule has 0 aromatic carbocycles. The van der Waals surface area contributed by atoms with E-state index in [2.05, 4.69) is 0 Å². The second kappa shape index (κ2) is 2.94. The molecule has 3 heteroatoms. The van der Waals surface area contributed by atoms with Crippen LogP contribution in [0.2, 0.25) is 5.15 Å². The molecule has 1 aromatic rings. The number of hydrogen-bond acceptors (Lipinski definition) is 1. The van der Waals surface area contributed by atoms with Crippen LogP contribution in [0.4, 0.5) is 0 Å². The van der Waals surface area contributed by atoms with Crippen LogP contribution in [-0.2, 0) is 12.8 Å². The van der Waals surface area contributed by atoms with Crippen molar-refractivity contribution in [2.75, 3.05) is 0 Å². The van der Waals surface area contributed by atoms with Crippen molar-refractivity contribution >= 4 is 11.6 Å². The molecule has 1 aliphatic carbocycles. The molecule has 0 saturated heterocycles. The number of pyridine rings is 1. The topological polar surface area (TPSA) is 26.9 Å². The highest BCUT2D eigenvalue weighted by molar-refractivity contribution is 6.28. The van der Waals surface area contributed by atoms with E-state index in [1.54, 1.807) is 12.3 Å². The van der Waals surface area contributed by atoms with Gasteiger partial charge in [0.05, 0.1) is 0 Å². The maximum atomic E-state index is 11.1.